The van der Waals surface area contributed by atoms with Crippen molar-refractivity contribution in [3.63, 3.8) is 0 Å². The number of rotatable bonds is 5. The molecule has 0 bridgehead atoms. The average Bonchev–Trinajstić information content (AvgIpc) is 3.02. The van der Waals surface area contributed by atoms with E-state index in [-0.39, 0.29) is 5.41 Å². The summed E-state index contributed by atoms with van der Waals surface area (Å²) in [6.45, 7) is 10.8. The summed E-state index contributed by atoms with van der Waals surface area (Å²) in [5, 5.41) is 10.1. The summed E-state index contributed by atoms with van der Waals surface area (Å²) in [4.78, 5) is 2.31. The number of nitriles is 1. The van der Waals surface area contributed by atoms with Crippen LogP contribution in [0.1, 0.15) is 46.3 Å². The molecule has 1 heterocycles. The highest BCUT2D eigenvalue weighted by Crippen LogP contribution is 2.38. The molecule has 0 radical (unpaired) electrons. The van der Waals surface area contributed by atoms with Gasteiger partial charge in [-0.3, -0.25) is 0 Å². The van der Waals surface area contributed by atoms with Gasteiger partial charge in [0.15, 0.2) is 0 Å². The molecular weight excluding hydrogens is 332 g/mol. The average molecular weight is 361 g/mol. The van der Waals surface area contributed by atoms with E-state index >= 15 is 0 Å². The maximum absolute atomic E-state index is 8.97. The van der Waals surface area contributed by atoms with E-state index < -0.39 is 0 Å². The molecule has 0 unspecified atom stereocenters. The van der Waals surface area contributed by atoms with Gasteiger partial charge in [0.1, 0.15) is 11.3 Å². The van der Waals surface area contributed by atoms with Crippen molar-refractivity contribution in [2.45, 2.75) is 40.5 Å². The molecule has 0 saturated heterocycles. The van der Waals surface area contributed by atoms with E-state index in [1.165, 1.54) is 11.3 Å². The van der Waals surface area contributed by atoms with Crippen LogP contribution in [0.5, 0.6) is 0 Å². The zero-order valence-electron chi connectivity index (χ0n) is 16.7. The van der Waals surface area contributed by atoms with Crippen LogP contribution >= 0.6 is 0 Å². The molecule has 0 amide bonds. The van der Waals surface area contributed by atoms with Crippen LogP contribution in [0.2, 0.25) is 0 Å². The Morgan fingerprint density at radius 3 is 2.63 bits per heavy atom. The minimum absolute atomic E-state index is 0.170. The molecule has 0 atom stereocenters. The first kappa shape index (κ1) is 19.0. The second-order valence-corrected chi connectivity index (χ2v) is 7.96. The highest BCUT2D eigenvalue weighted by molar-refractivity contribution is 5.83. The monoisotopic (exact) mass is 360 g/mol. The Kier molecular flexibility index (Phi) is 5.56. The largest absolute Gasteiger partial charge is 0.457 e. The fraction of sp³-hybridized carbons (Fsp3) is 0.375. The Labute approximate surface area is 162 Å². The molecule has 1 aromatic carbocycles. The van der Waals surface area contributed by atoms with Gasteiger partial charge in [0, 0.05) is 36.3 Å². The van der Waals surface area contributed by atoms with Crippen LogP contribution in [0.25, 0.3) is 17.0 Å². The number of fused-ring (bicyclic) bond motifs is 1. The molecule has 1 aromatic heterocycles. The molecule has 0 spiro atoms. The van der Waals surface area contributed by atoms with Crippen molar-refractivity contribution >= 4 is 22.7 Å². The zero-order chi connectivity index (χ0) is 19.4. The van der Waals surface area contributed by atoms with Crippen molar-refractivity contribution in [1.82, 2.24) is 0 Å². The number of anilines is 1. The van der Waals surface area contributed by atoms with E-state index in [2.05, 4.69) is 75.1 Å². The fourth-order valence-electron chi connectivity index (χ4n) is 3.89. The molecule has 1 aliphatic carbocycles. The summed E-state index contributed by atoms with van der Waals surface area (Å²) in [7, 11) is 0. The third kappa shape index (κ3) is 4.52. The number of nitrogens with zero attached hydrogens (tertiary/aromatic N) is 2. The first-order valence-corrected chi connectivity index (χ1v) is 9.70. The molecule has 3 nitrogen and oxygen atoms in total. The number of hydrogen-bond donors (Lipinski definition) is 0. The van der Waals surface area contributed by atoms with Crippen LogP contribution in [0.3, 0.4) is 0 Å². The van der Waals surface area contributed by atoms with Gasteiger partial charge in [-0.2, -0.15) is 5.26 Å². The van der Waals surface area contributed by atoms with Crippen molar-refractivity contribution in [2.75, 3.05) is 18.0 Å². The number of hydrogen-bond acceptors (Lipinski definition) is 3. The summed E-state index contributed by atoms with van der Waals surface area (Å²) in [5.41, 5.74) is 4.62. The second-order valence-electron chi connectivity index (χ2n) is 7.96. The van der Waals surface area contributed by atoms with Gasteiger partial charge in [0.2, 0.25) is 0 Å². The van der Waals surface area contributed by atoms with Gasteiger partial charge in [0.25, 0.3) is 0 Å². The van der Waals surface area contributed by atoms with Gasteiger partial charge in [-0.15, -0.1) is 0 Å². The molecule has 1 aliphatic rings. The topological polar surface area (TPSA) is 40.2 Å². The molecule has 0 aliphatic heterocycles. The van der Waals surface area contributed by atoms with Crippen molar-refractivity contribution in [1.29, 1.82) is 5.26 Å². The smallest absolute Gasteiger partial charge is 0.136 e. The van der Waals surface area contributed by atoms with E-state index in [4.69, 9.17) is 9.68 Å². The maximum Gasteiger partial charge on any atom is 0.136 e. The first-order valence-electron chi connectivity index (χ1n) is 9.70. The molecular formula is C24H28N2O. The summed E-state index contributed by atoms with van der Waals surface area (Å²) in [6.07, 6.45) is 9.88. The van der Waals surface area contributed by atoms with E-state index in [9.17, 15) is 0 Å². The van der Waals surface area contributed by atoms with Gasteiger partial charge >= 0.3 is 0 Å². The molecule has 140 valence electrons. The van der Waals surface area contributed by atoms with E-state index in [1.54, 1.807) is 6.08 Å². The Balaban J connectivity index is 1.86. The Hall–Kier alpha value is -2.73. The fourth-order valence-corrected chi connectivity index (χ4v) is 3.89. The highest BCUT2D eigenvalue weighted by Gasteiger charge is 2.24. The lowest BCUT2D eigenvalue weighted by atomic mass is 9.75. The second kappa shape index (κ2) is 7.88. The van der Waals surface area contributed by atoms with E-state index in [0.29, 0.717) is 0 Å². The lowest BCUT2D eigenvalue weighted by Crippen LogP contribution is -2.21. The summed E-state index contributed by atoms with van der Waals surface area (Å²) in [5.74, 6) is 0.858. The molecule has 0 saturated carbocycles. The number of allylic oxidation sites excluding steroid dienone is 5. The number of furan rings is 1. The molecule has 3 rings (SSSR count). The SMILES string of the molecule is CCN(CC)c1ccc2cc(/C=C/C3=CC(=C/C#N)/CC(C)(C)C3)oc2c1. The molecule has 0 fully saturated rings. The molecule has 3 heteroatoms. The van der Waals surface area contributed by atoms with Crippen LogP contribution in [-0.4, -0.2) is 13.1 Å². The van der Waals surface area contributed by atoms with Crippen molar-refractivity contribution < 1.29 is 4.42 Å². The predicted octanol–water partition coefficient (Wildman–Crippen LogP) is 6.49. The van der Waals surface area contributed by atoms with Crippen molar-refractivity contribution in [3.8, 4) is 6.07 Å². The zero-order valence-corrected chi connectivity index (χ0v) is 16.7. The first-order chi connectivity index (χ1) is 12.9. The quantitative estimate of drug-likeness (QED) is 0.572. The van der Waals surface area contributed by atoms with E-state index in [1.807, 2.05) is 6.08 Å². The Morgan fingerprint density at radius 2 is 1.93 bits per heavy atom. The standard InChI is InChI=1S/C24H28N2O/c1-5-26(6-2)21-9-8-20-14-22(27-23(20)15-21)10-7-18-13-19(11-12-25)17-24(3,4)16-18/h7-11,13-15H,5-6,16-17H2,1-4H3/b10-7+,19-11-. The van der Waals surface area contributed by atoms with Crippen LogP contribution in [0, 0.1) is 16.7 Å². The summed E-state index contributed by atoms with van der Waals surface area (Å²) < 4.78 is 6.06. The maximum atomic E-state index is 8.97. The lowest BCUT2D eigenvalue weighted by Gasteiger charge is -2.30. The van der Waals surface area contributed by atoms with Crippen molar-refractivity contribution in [2.24, 2.45) is 5.41 Å². The minimum atomic E-state index is 0.170. The predicted molar refractivity (Wildman–Crippen MR) is 114 cm³/mol. The van der Waals surface area contributed by atoms with Gasteiger partial charge in [-0.05, 0) is 67.5 Å². The summed E-state index contributed by atoms with van der Waals surface area (Å²) in [6, 6.07) is 10.6. The highest BCUT2D eigenvalue weighted by atomic mass is 16.3. The van der Waals surface area contributed by atoms with Crippen LogP contribution in [-0.2, 0) is 0 Å². The lowest BCUT2D eigenvalue weighted by molar-refractivity contribution is 0.355. The normalized spacial score (nSPS) is 18.0. The molecule has 0 N–H and O–H groups in total. The molecule has 2 aromatic rings. The Morgan fingerprint density at radius 1 is 1.15 bits per heavy atom. The summed E-state index contributed by atoms with van der Waals surface area (Å²) >= 11 is 0. The van der Waals surface area contributed by atoms with Crippen LogP contribution in [0.4, 0.5) is 5.69 Å². The Bertz CT molecular complexity index is 946. The van der Waals surface area contributed by atoms with Crippen molar-refractivity contribution in [3.05, 3.63) is 59.4 Å². The number of benzene rings is 1. The van der Waals surface area contributed by atoms with E-state index in [0.717, 1.165) is 48.2 Å². The van der Waals surface area contributed by atoms with Gasteiger partial charge in [0.05, 0.1) is 6.07 Å². The van der Waals surface area contributed by atoms with Crippen LogP contribution in [0.15, 0.2) is 58.1 Å². The van der Waals surface area contributed by atoms with Gasteiger partial charge in [-0.25, -0.2) is 0 Å². The molecule has 27 heavy (non-hydrogen) atoms. The minimum Gasteiger partial charge on any atom is -0.457 e. The van der Waals surface area contributed by atoms with Gasteiger partial charge < -0.3 is 9.32 Å². The third-order valence-electron chi connectivity index (χ3n) is 5.10. The van der Waals surface area contributed by atoms with Crippen LogP contribution < -0.4 is 4.90 Å². The third-order valence-corrected chi connectivity index (χ3v) is 5.10. The van der Waals surface area contributed by atoms with Gasteiger partial charge in [-0.1, -0.05) is 26.0 Å².